The summed E-state index contributed by atoms with van der Waals surface area (Å²) in [5.74, 6) is -0.275. The van der Waals surface area contributed by atoms with E-state index in [1.54, 1.807) is 18.2 Å². The molecule has 7 heteroatoms. The predicted molar refractivity (Wildman–Crippen MR) is 84.6 cm³/mol. The Balaban J connectivity index is 1.91. The molecule has 0 bridgehead atoms. The lowest BCUT2D eigenvalue weighted by Crippen LogP contribution is -2.45. The molecule has 1 aliphatic rings. The van der Waals surface area contributed by atoms with Crippen molar-refractivity contribution in [1.82, 2.24) is 9.62 Å². The summed E-state index contributed by atoms with van der Waals surface area (Å²) < 4.78 is 25.7. The molecule has 1 aromatic rings. The maximum atomic E-state index is 12.3. The molecule has 1 saturated carbocycles. The van der Waals surface area contributed by atoms with Gasteiger partial charge in [-0.2, -0.15) is 4.31 Å². The van der Waals surface area contributed by atoms with Crippen LogP contribution in [0.4, 0.5) is 0 Å². The number of likely N-dealkylation sites (N-methyl/N-ethyl adjacent to an activating group) is 1. The van der Waals surface area contributed by atoms with Crippen LogP contribution in [-0.4, -0.2) is 44.3 Å². The van der Waals surface area contributed by atoms with Crippen molar-refractivity contribution in [3.8, 4) is 0 Å². The number of carbonyl (C=O) groups is 1. The van der Waals surface area contributed by atoms with E-state index in [2.05, 4.69) is 5.32 Å². The number of benzene rings is 1. The monoisotopic (exact) mass is 325 g/mol. The smallest absolute Gasteiger partial charge is 0.243 e. The molecule has 6 nitrogen and oxygen atoms in total. The SMILES string of the molecule is CN(CC(=O)NC1CCC(N)CC1)S(=O)(=O)c1ccccc1. The molecule has 1 aliphatic carbocycles. The molecule has 0 aliphatic heterocycles. The first kappa shape index (κ1) is 16.9. The first-order chi connectivity index (χ1) is 10.4. The quantitative estimate of drug-likeness (QED) is 0.833. The average molecular weight is 325 g/mol. The van der Waals surface area contributed by atoms with Crippen LogP contribution in [0.15, 0.2) is 35.2 Å². The lowest BCUT2D eigenvalue weighted by molar-refractivity contribution is -0.122. The van der Waals surface area contributed by atoms with Gasteiger partial charge in [0.1, 0.15) is 0 Å². The molecule has 122 valence electrons. The van der Waals surface area contributed by atoms with Crippen LogP contribution in [0.25, 0.3) is 0 Å². The van der Waals surface area contributed by atoms with Gasteiger partial charge in [-0.15, -0.1) is 0 Å². The molecule has 1 aromatic carbocycles. The molecule has 2 rings (SSSR count). The molecule has 1 fully saturated rings. The Morgan fingerprint density at radius 1 is 1.23 bits per heavy atom. The van der Waals surface area contributed by atoms with E-state index in [-0.39, 0.29) is 29.4 Å². The van der Waals surface area contributed by atoms with E-state index in [1.807, 2.05) is 0 Å². The van der Waals surface area contributed by atoms with Crippen molar-refractivity contribution in [3.63, 3.8) is 0 Å². The van der Waals surface area contributed by atoms with Crippen molar-refractivity contribution in [2.75, 3.05) is 13.6 Å². The summed E-state index contributed by atoms with van der Waals surface area (Å²) in [4.78, 5) is 12.2. The zero-order valence-corrected chi connectivity index (χ0v) is 13.6. The Kier molecular flexibility index (Phi) is 5.55. The molecule has 0 heterocycles. The number of amides is 1. The van der Waals surface area contributed by atoms with Crippen molar-refractivity contribution in [3.05, 3.63) is 30.3 Å². The van der Waals surface area contributed by atoms with Crippen molar-refractivity contribution < 1.29 is 13.2 Å². The van der Waals surface area contributed by atoms with Gasteiger partial charge in [0.2, 0.25) is 15.9 Å². The largest absolute Gasteiger partial charge is 0.352 e. The fourth-order valence-electron chi connectivity index (χ4n) is 2.60. The van der Waals surface area contributed by atoms with E-state index in [0.717, 1.165) is 30.0 Å². The second kappa shape index (κ2) is 7.21. The molecule has 0 unspecified atom stereocenters. The summed E-state index contributed by atoms with van der Waals surface area (Å²) in [7, 11) is -2.22. The van der Waals surface area contributed by atoms with Gasteiger partial charge in [0, 0.05) is 19.1 Å². The Morgan fingerprint density at radius 3 is 2.41 bits per heavy atom. The Labute approximate surface area is 131 Å². The minimum absolute atomic E-state index is 0.0973. The van der Waals surface area contributed by atoms with E-state index in [1.165, 1.54) is 19.2 Å². The van der Waals surface area contributed by atoms with Gasteiger partial charge in [-0.25, -0.2) is 8.42 Å². The highest BCUT2D eigenvalue weighted by Gasteiger charge is 2.25. The first-order valence-electron chi connectivity index (χ1n) is 7.46. The molecule has 1 amide bonds. The van der Waals surface area contributed by atoms with E-state index in [4.69, 9.17) is 5.73 Å². The molecule has 0 atom stereocenters. The van der Waals surface area contributed by atoms with Gasteiger partial charge in [-0.05, 0) is 37.8 Å². The van der Waals surface area contributed by atoms with Crippen molar-refractivity contribution >= 4 is 15.9 Å². The molecule has 22 heavy (non-hydrogen) atoms. The number of sulfonamides is 1. The molecular weight excluding hydrogens is 302 g/mol. The third-order valence-corrected chi connectivity index (χ3v) is 5.77. The van der Waals surface area contributed by atoms with Crippen LogP contribution in [0, 0.1) is 0 Å². The van der Waals surface area contributed by atoms with Crippen LogP contribution in [0.3, 0.4) is 0 Å². The van der Waals surface area contributed by atoms with E-state index in [0.29, 0.717) is 0 Å². The van der Waals surface area contributed by atoms with Crippen molar-refractivity contribution in [2.45, 2.75) is 42.7 Å². The lowest BCUT2D eigenvalue weighted by Gasteiger charge is -2.27. The standard InChI is InChI=1S/C15H23N3O3S/c1-18(22(20,21)14-5-3-2-4-6-14)11-15(19)17-13-9-7-12(16)8-10-13/h2-6,12-13H,7-11,16H2,1H3,(H,17,19). The van der Waals surface area contributed by atoms with Crippen LogP contribution in [0.2, 0.25) is 0 Å². The Bertz CT molecular complexity index is 596. The molecule has 0 spiro atoms. The van der Waals surface area contributed by atoms with Crippen LogP contribution in [0.5, 0.6) is 0 Å². The zero-order valence-electron chi connectivity index (χ0n) is 12.7. The van der Waals surface area contributed by atoms with Gasteiger partial charge in [0.05, 0.1) is 11.4 Å². The Hall–Kier alpha value is -1.44. The van der Waals surface area contributed by atoms with E-state index < -0.39 is 10.0 Å². The van der Waals surface area contributed by atoms with E-state index in [9.17, 15) is 13.2 Å². The number of nitrogens with zero attached hydrogens (tertiary/aromatic N) is 1. The number of carbonyl (C=O) groups excluding carboxylic acids is 1. The molecule has 0 radical (unpaired) electrons. The van der Waals surface area contributed by atoms with Gasteiger partial charge in [-0.1, -0.05) is 18.2 Å². The summed E-state index contributed by atoms with van der Waals surface area (Å²) in [6.07, 6.45) is 3.48. The maximum absolute atomic E-state index is 12.3. The summed E-state index contributed by atoms with van der Waals surface area (Å²) in [5.41, 5.74) is 5.83. The third kappa shape index (κ3) is 4.28. The van der Waals surface area contributed by atoms with Crippen molar-refractivity contribution in [2.24, 2.45) is 5.73 Å². The number of nitrogens with two attached hydrogens (primary N) is 1. The average Bonchev–Trinajstić information content (AvgIpc) is 2.50. The highest BCUT2D eigenvalue weighted by atomic mass is 32.2. The highest BCUT2D eigenvalue weighted by Crippen LogP contribution is 2.17. The fourth-order valence-corrected chi connectivity index (χ4v) is 3.74. The second-order valence-electron chi connectivity index (χ2n) is 5.75. The fraction of sp³-hybridized carbons (Fsp3) is 0.533. The number of rotatable bonds is 5. The highest BCUT2D eigenvalue weighted by molar-refractivity contribution is 7.89. The summed E-state index contributed by atoms with van der Waals surface area (Å²) in [6, 6.07) is 8.42. The molecule has 0 aromatic heterocycles. The molecular formula is C15H23N3O3S. The minimum Gasteiger partial charge on any atom is -0.352 e. The predicted octanol–water partition coefficient (Wildman–Crippen LogP) is 0.693. The van der Waals surface area contributed by atoms with Gasteiger partial charge in [-0.3, -0.25) is 4.79 Å². The number of hydrogen-bond acceptors (Lipinski definition) is 4. The van der Waals surface area contributed by atoms with Gasteiger partial charge < -0.3 is 11.1 Å². The van der Waals surface area contributed by atoms with Crippen LogP contribution < -0.4 is 11.1 Å². The van der Waals surface area contributed by atoms with Gasteiger partial charge in [0.15, 0.2) is 0 Å². The number of nitrogens with one attached hydrogen (secondary N) is 1. The third-order valence-electron chi connectivity index (χ3n) is 3.95. The van der Waals surface area contributed by atoms with E-state index >= 15 is 0 Å². The number of hydrogen-bond donors (Lipinski definition) is 2. The Morgan fingerprint density at radius 2 is 1.82 bits per heavy atom. The first-order valence-corrected chi connectivity index (χ1v) is 8.90. The summed E-state index contributed by atoms with van der Waals surface area (Å²) in [5, 5.41) is 2.89. The molecule has 0 saturated heterocycles. The topological polar surface area (TPSA) is 92.5 Å². The van der Waals surface area contributed by atoms with Crippen LogP contribution in [-0.2, 0) is 14.8 Å². The second-order valence-corrected chi connectivity index (χ2v) is 7.80. The van der Waals surface area contributed by atoms with Gasteiger partial charge in [0.25, 0.3) is 0 Å². The summed E-state index contributed by atoms with van der Waals surface area (Å²) in [6.45, 7) is -0.181. The summed E-state index contributed by atoms with van der Waals surface area (Å²) >= 11 is 0. The minimum atomic E-state index is -3.63. The maximum Gasteiger partial charge on any atom is 0.243 e. The van der Waals surface area contributed by atoms with Gasteiger partial charge >= 0.3 is 0 Å². The van der Waals surface area contributed by atoms with Crippen LogP contribution >= 0.6 is 0 Å². The van der Waals surface area contributed by atoms with Crippen LogP contribution in [0.1, 0.15) is 25.7 Å². The zero-order chi connectivity index (χ0) is 16.2. The normalized spacial score (nSPS) is 22.5. The molecule has 3 N–H and O–H groups in total. The lowest BCUT2D eigenvalue weighted by atomic mass is 9.92. The van der Waals surface area contributed by atoms with Crippen molar-refractivity contribution in [1.29, 1.82) is 0 Å².